The molecular formula is C13H15F2NO3. The molecule has 4 nitrogen and oxygen atoms in total. The standard InChI is InChI=1S/C13H15F2NO3/c1-7(2)5-11(13(18)19)16-12(17)9-4-3-8(14)6-10(9)15/h3-4,6-7,11H,5H2,1-2H3,(H,16,17)(H,18,19). The molecule has 2 N–H and O–H groups in total. The molecule has 0 saturated carbocycles. The SMILES string of the molecule is CC(C)CC(NC(=O)c1ccc(F)cc1F)C(=O)O. The molecule has 1 aromatic carbocycles. The summed E-state index contributed by atoms with van der Waals surface area (Å²) in [6.07, 6.45) is 0.226. The maximum atomic E-state index is 13.4. The lowest BCUT2D eigenvalue weighted by atomic mass is 10.0. The summed E-state index contributed by atoms with van der Waals surface area (Å²) in [5.74, 6) is -3.83. The van der Waals surface area contributed by atoms with Crippen molar-refractivity contribution < 1.29 is 23.5 Å². The second-order valence-corrected chi connectivity index (χ2v) is 4.62. The maximum Gasteiger partial charge on any atom is 0.326 e. The highest BCUT2D eigenvalue weighted by molar-refractivity contribution is 5.96. The lowest BCUT2D eigenvalue weighted by Crippen LogP contribution is -2.41. The van der Waals surface area contributed by atoms with Crippen molar-refractivity contribution >= 4 is 11.9 Å². The van der Waals surface area contributed by atoms with Crippen molar-refractivity contribution in [3.8, 4) is 0 Å². The molecule has 0 aromatic heterocycles. The van der Waals surface area contributed by atoms with E-state index in [1.165, 1.54) is 0 Å². The number of rotatable bonds is 5. The number of aliphatic carboxylic acids is 1. The molecule has 1 atom stereocenters. The number of carboxylic acid groups (broad SMARTS) is 1. The van der Waals surface area contributed by atoms with E-state index in [0.29, 0.717) is 6.07 Å². The molecule has 1 rings (SSSR count). The normalized spacial score (nSPS) is 12.3. The molecule has 1 amide bonds. The van der Waals surface area contributed by atoms with Gasteiger partial charge < -0.3 is 10.4 Å². The van der Waals surface area contributed by atoms with Crippen molar-refractivity contribution in [1.29, 1.82) is 0 Å². The molecule has 0 saturated heterocycles. The first-order chi connectivity index (χ1) is 8.81. The van der Waals surface area contributed by atoms with Gasteiger partial charge >= 0.3 is 5.97 Å². The summed E-state index contributed by atoms with van der Waals surface area (Å²) in [5.41, 5.74) is -0.378. The summed E-state index contributed by atoms with van der Waals surface area (Å²) in [4.78, 5) is 22.7. The Hall–Kier alpha value is -1.98. The zero-order chi connectivity index (χ0) is 14.6. The number of halogens is 2. The van der Waals surface area contributed by atoms with Crippen LogP contribution in [0.2, 0.25) is 0 Å². The number of benzene rings is 1. The molecule has 1 unspecified atom stereocenters. The third-order valence-corrected chi connectivity index (χ3v) is 2.49. The van der Waals surface area contributed by atoms with Crippen LogP contribution in [-0.2, 0) is 4.79 Å². The molecule has 0 spiro atoms. The van der Waals surface area contributed by atoms with E-state index in [-0.39, 0.29) is 17.9 Å². The van der Waals surface area contributed by atoms with Crippen molar-refractivity contribution in [3.63, 3.8) is 0 Å². The van der Waals surface area contributed by atoms with Crippen molar-refractivity contribution in [1.82, 2.24) is 5.32 Å². The van der Waals surface area contributed by atoms with Gasteiger partial charge in [-0.15, -0.1) is 0 Å². The van der Waals surface area contributed by atoms with Crippen LogP contribution >= 0.6 is 0 Å². The molecule has 0 aliphatic rings. The largest absolute Gasteiger partial charge is 0.480 e. The van der Waals surface area contributed by atoms with Crippen LogP contribution in [0, 0.1) is 17.6 Å². The van der Waals surface area contributed by atoms with Crippen LogP contribution in [0.15, 0.2) is 18.2 Å². The van der Waals surface area contributed by atoms with Crippen LogP contribution in [0.25, 0.3) is 0 Å². The van der Waals surface area contributed by atoms with Crippen LogP contribution in [0.4, 0.5) is 8.78 Å². The van der Waals surface area contributed by atoms with E-state index < -0.39 is 29.6 Å². The number of amides is 1. The molecule has 0 fully saturated rings. The lowest BCUT2D eigenvalue weighted by Gasteiger charge is -2.16. The number of carboxylic acids is 1. The van der Waals surface area contributed by atoms with Gasteiger partial charge in [0.1, 0.15) is 17.7 Å². The number of hydrogen-bond acceptors (Lipinski definition) is 2. The molecule has 0 bridgehead atoms. The fourth-order valence-electron chi connectivity index (χ4n) is 1.60. The predicted molar refractivity (Wildman–Crippen MR) is 64.7 cm³/mol. The van der Waals surface area contributed by atoms with E-state index >= 15 is 0 Å². The third kappa shape index (κ3) is 4.31. The summed E-state index contributed by atoms with van der Waals surface area (Å²) in [6.45, 7) is 3.61. The Morgan fingerprint density at radius 2 is 1.95 bits per heavy atom. The highest BCUT2D eigenvalue weighted by Gasteiger charge is 2.23. The van der Waals surface area contributed by atoms with Crippen LogP contribution in [-0.4, -0.2) is 23.0 Å². The first kappa shape index (κ1) is 15.1. The summed E-state index contributed by atoms with van der Waals surface area (Å²) in [7, 11) is 0. The molecule has 0 aliphatic heterocycles. The quantitative estimate of drug-likeness (QED) is 0.862. The van der Waals surface area contributed by atoms with Crippen molar-refractivity contribution in [2.45, 2.75) is 26.3 Å². The van der Waals surface area contributed by atoms with Crippen molar-refractivity contribution in [2.24, 2.45) is 5.92 Å². The van der Waals surface area contributed by atoms with E-state index in [2.05, 4.69) is 5.32 Å². The van der Waals surface area contributed by atoms with Crippen molar-refractivity contribution in [3.05, 3.63) is 35.4 Å². The Balaban J connectivity index is 2.84. The second-order valence-electron chi connectivity index (χ2n) is 4.62. The average Bonchev–Trinajstić information content (AvgIpc) is 2.26. The van der Waals surface area contributed by atoms with Crippen LogP contribution in [0.1, 0.15) is 30.6 Å². The second kappa shape index (κ2) is 6.26. The highest BCUT2D eigenvalue weighted by Crippen LogP contribution is 2.11. The van der Waals surface area contributed by atoms with E-state index in [1.807, 2.05) is 0 Å². The molecule has 0 aliphatic carbocycles. The van der Waals surface area contributed by atoms with Gasteiger partial charge in [-0.25, -0.2) is 13.6 Å². The van der Waals surface area contributed by atoms with Gasteiger partial charge in [-0.2, -0.15) is 0 Å². The summed E-state index contributed by atoms with van der Waals surface area (Å²) >= 11 is 0. The molecule has 1 aromatic rings. The van der Waals surface area contributed by atoms with E-state index in [4.69, 9.17) is 5.11 Å². The lowest BCUT2D eigenvalue weighted by molar-refractivity contribution is -0.139. The minimum absolute atomic E-state index is 0.0551. The van der Waals surface area contributed by atoms with E-state index in [0.717, 1.165) is 12.1 Å². The van der Waals surface area contributed by atoms with Gasteiger partial charge in [-0.1, -0.05) is 13.8 Å². The minimum atomic E-state index is -1.19. The number of carbonyl (C=O) groups is 2. The zero-order valence-electron chi connectivity index (χ0n) is 10.6. The van der Waals surface area contributed by atoms with Gasteiger partial charge in [-0.05, 0) is 24.5 Å². The molecule has 104 valence electrons. The van der Waals surface area contributed by atoms with Crippen LogP contribution < -0.4 is 5.32 Å². The number of nitrogens with one attached hydrogen (secondary N) is 1. The molecule has 19 heavy (non-hydrogen) atoms. The molecule has 0 heterocycles. The van der Waals surface area contributed by atoms with Crippen LogP contribution in [0.5, 0.6) is 0 Å². The molecular weight excluding hydrogens is 256 g/mol. The smallest absolute Gasteiger partial charge is 0.326 e. The molecule has 6 heteroatoms. The first-order valence-electron chi connectivity index (χ1n) is 5.80. The van der Waals surface area contributed by atoms with Crippen molar-refractivity contribution in [2.75, 3.05) is 0 Å². The Morgan fingerprint density at radius 3 is 2.42 bits per heavy atom. The van der Waals surface area contributed by atoms with Gasteiger partial charge in [0, 0.05) is 6.07 Å². The fourth-order valence-corrected chi connectivity index (χ4v) is 1.60. The highest BCUT2D eigenvalue weighted by atomic mass is 19.1. The van der Waals surface area contributed by atoms with E-state index in [1.54, 1.807) is 13.8 Å². The maximum absolute atomic E-state index is 13.4. The first-order valence-corrected chi connectivity index (χ1v) is 5.80. The predicted octanol–water partition coefficient (Wildman–Crippen LogP) is 2.19. The van der Waals surface area contributed by atoms with Crippen LogP contribution in [0.3, 0.4) is 0 Å². The van der Waals surface area contributed by atoms with Gasteiger partial charge in [0.25, 0.3) is 5.91 Å². The van der Waals surface area contributed by atoms with E-state index in [9.17, 15) is 18.4 Å². The van der Waals surface area contributed by atoms with Gasteiger partial charge in [0.2, 0.25) is 0 Å². The van der Waals surface area contributed by atoms with Gasteiger partial charge in [-0.3, -0.25) is 4.79 Å². The Labute approximate surface area is 109 Å². The van der Waals surface area contributed by atoms with Gasteiger partial charge in [0.05, 0.1) is 5.56 Å². The topological polar surface area (TPSA) is 66.4 Å². The molecule has 0 radical (unpaired) electrons. The third-order valence-electron chi connectivity index (χ3n) is 2.49. The summed E-state index contributed by atoms with van der Waals surface area (Å²) in [5, 5.41) is 11.2. The van der Waals surface area contributed by atoms with Gasteiger partial charge in [0.15, 0.2) is 0 Å². The summed E-state index contributed by atoms with van der Waals surface area (Å²) < 4.78 is 26.1. The summed E-state index contributed by atoms with van der Waals surface area (Å²) in [6, 6.07) is 1.40. The fraction of sp³-hybridized carbons (Fsp3) is 0.385. The minimum Gasteiger partial charge on any atom is -0.480 e. The Kier molecular flexibility index (Phi) is 4.97. The number of carbonyl (C=O) groups excluding carboxylic acids is 1. The average molecular weight is 271 g/mol. The Morgan fingerprint density at radius 1 is 1.32 bits per heavy atom. The Bertz CT molecular complexity index is 489. The monoisotopic (exact) mass is 271 g/mol. The number of hydrogen-bond donors (Lipinski definition) is 2. The zero-order valence-corrected chi connectivity index (χ0v) is 10.6.